The number of fused-ring (bicyclic) bond motifs is 6. The molecule has 0 fully saturated rings. The smallest absolute Gasteiger partial charge is 0.164 e. The van der Waals surface area contributed by atoms with E-state index in [0.29, 0.717) is 17.5 Å². The van der Waals surface area contributed by atoms with Gasteiger partial charge in [-0.3, -0.25) is 0 Å². The first-order chi connectivity index (χ1) is 27.8. The van der Waals surface area contributed by atoms with E-state index in [4.69, 9.17) is 19.4 Å². The van der Waals surface area contributed by atoms with Crippen LogP contribution in [0.1, 0.15) is 22.3 Å². The van der Waals surface area contributed by atoms with Crippen LogP contribution < -0.4 is 0 Å². The summed E-state index contributed by atoms with van der Waals surface area (Å²) in [5.41, 5.74) is 13.2. The van der Waals surface area contributed by atoms with Crippen molar-refractivity contribution >= 4 is 21.9 Å². The standard InChI is InChI=1S/C52H33N3O/c1-5-17-34(18-6-1)49-53-50(35-19-7-2-8-20-35)55-51(54-49)44-32-43-39-25-13-15-27-45(39)52(37-21-9-3-10-22-37,38-23-11-4-12-24-38)46(43)33-42(44)36-29-30-41-40-26-14-16-28-47(40)56-48(41)31-36/h1-33H. The lowest BCUT2D eigenvalue weighted by atomic mass is 9.67. The summed E-state index contributed by atoms with van der Waals surface area (Å²) in [6, 6.07) is 70.5. The van der Waals surface area contributed by atoms with E-state index in [1.807, 2.05) is 48.5 Å². The molecule has 262 valence electrons. The maximum atomic E-state index is 6.50. The molecule has 10 aromatic rings. The maximum Gasteiger partial charge on any atom is 0.164 e. The molecule has 11 rings (SSSR count). The van der Waals surface area contributed by atoms with Crippen LogP contribution >= 0.6 is 0 Å². The van der Waals surface area contributed by atoms with Crippen LogP contribution in [-0.2, 0) is 5.41 Å². The molecule has 0 amide bonds. The Bertz CT molecular complexity index is 2970. The van der Waals surface area contributed by atoms with Crippen LogP contribution in [0.2, 0.25) is 0 Å². The van der Waals surface area contributed by atoms with Crippen molar-refractivity contribution in [2.45, 2.75) is 5.41 Å². The van der Waals surface area contributed by atoms with Gasteiger partial charge >= 0.3 is 0 Å². The SMILES string of the molecule is c1ccc(-c2nc(-c3ccccc3)nc(-c3cc4c(cc3-c3ccc5c(c3)oc3ccccc35)C(c3ccccc3)(c3ccccc3)c3ccccc3-4)n2)cc1. The van der Waals surface area contributed by atoms with E-state index in [0.717, 1.165) is 55.3 Å². The maximum absolute atomic E-state index is 6.50. The summed E-state index contributed by atoms with van der Waals surface area (Å²) in [6.07, 6.45) is 0. The molecule has 0 N–H and O–H groups in total. The second-order valence-electron chi connectivity index (χ2n) is 14.3. The first kappa shape index (κ1) is 32.0. The second-order valence-corrected chi connectivity index (χ2v) is 14.3. The summed E-state index contributed by atoms with van der Waals surface area (Å²) in [7, 11) is 0. The van der Waals surface area contributed by atoms with Crippen LogP contribution in [0.4, 0.5) is 0 Å². The molecule has 0 aliphatic heterocycles. The topological polar surface area (TPSA) is 51.8 Å². The number of furan rings is 1. The number of para-hydroxylation sites is 1. The quantitative estimate of drug-likeness (QED) is 0.172. The summed E-state index contributed by atoms with van der Waals surface area (Å²) < 4.78 is 6.50. The number of hydrogen-bond acceptors (Lipinski definition) is 4. The summed E-state index contributed by atoms with van der Waals surface area (Å²) in [6.45, 7) is 0. The van der Waals surface area contributed by atoms with Gasteiger partial charge in [-0.1, -0.05) is 170 Å². The molecule has 0 saturated heterocycles. The van der Waals surface area contributed by atoms with Gasteiger partial charge in [-0.05, 0) is 74.8 Å². The predicted octanol–water partition coefficient (Wildman–Crippen LogP) is 12.8. The molecule has 1 aliphatic carbocycles. The lowest BCUT2D eigenvalue weighted by Crippen LogP contribution is -2.28. The van der Waals surface area contributed by atoms with E-state index in [1.165, 1.54) is 27.8 Å². The van der Waals surface area contributed by atoms with Crippen LogP contribution in [-0.4, -0.2) is 15.0 Å². The molecular weight excluding hydrogens is 683 g/mol. The van der Waals surface area contributed by atoms with Gasteiger partial charge in [0.05, 0.1) is 5.41 Å². The zero-order valence-electron chi connectivity index (χ0n) is 30.3. The van der Waals surface area contributed by atoms with Gasteiger partial charge in [0.1, 0.15) is 11.2 Å². The van der Waals surface area contributed by atoms with Gasteiger partial charge in [-0.25, -0.2) is 15.0 Å². The molecule has 0 bridgehead atoms. The number of rotatable bonds is 6. The van der Waals surface area contributed by atoms with Crippen molar-refractivity contribution in [2.24, 2.45) is 0 Å². The minimum absolute atomic E-state index is 0.575. The van der Waals surface area contributed by atoms with E-state index < -0.39 is 5.41 Å². The fourth-order valence-electron chi connectivity index (χ4n) is 8.73. The number of hydrogen-bond donors (Lipinski definition) is 0. The summed E-state index contributed by atoms with van der Waals surface area (Å²) >= 11 is 0. The Hall–Kier alpha value is -7.43. The fraction of sp³-hybridized carbons (Fsp3) is 0.0192. The van der Waals surface area contributed by atoms with Gasteiger partial charge in [-0.15, -0.1) is 0 Å². The minimum Gasteiger partial charge on any atom is -0.456 e. The molecule has 0 spiro atoms. The minimum atomic E-state index is -0.575. The van der Waals surface area contributed by atoms with E-state index in [1.54, 1.807) is 0 Å². The van der Waals surface area contributed by atoms with Crippen LogP contribution in [0, 0.1) is 0 Å². The summed E-state index contributed by atoms with van der Waals surface area (Å²) in [4.78, 5) is 15.6. The van der Waals surface area contributed by atoms with Crippen LogP contribution in [0.3, 0.4) is 0 Å². The first-order valence-corrected chi connectivity index (χ1v) is 18.9. The predicted molar refractivity (Wildman–Crippen MR) is 226 cm³/mol. The number of benzene rings is 8. The van der Waals surface area contributed by atoms with Crippen LogP contribution in [0.25, 0.3) is 78.4 Å². The van der Waals surface area contributed by atoms with Gasteiger partial charge in [0.2, 0.25) is 0 Å². The number of aromatic nitrogens is 3. The van der Waals surface area contributed by atoms with E-state index in [-0.39, 0.29) is 0 Å². The van der Waals surface area contributed by atoms with Crippen LogP contribution in [0.15, 0.2) is 205 Å². The van der Waals surface area contributed by atoms with Crippen molar-refractivity contribution < 1.29 is 4.42 Å². The molecule has 2 heterocycles. The van der Waals surface area contributed by atoms with Gasteiger partial charge in [0, 0.05) is 27.5 Å². The molecule has 0 radical (unpaired) electrons. The Balaban J connectivity index is 1.26. The Labute approximate surface area is 324 Å². The van der Waals surface area contributed by atoms with Crippen molar-refractivity contribution in [2.75, 3.05) is 0 Å². The van der Waals surface area contributed by atoms with Crippen LogP contribution in [0.5, 0.6) is 0 Å². The lowest BCUT2D eigenvalue weighted by molar-refractivity contribution is 0.669. The average molecular weight is 716 g/mol. The molecule has 1 aliphatic rings. The molecular formula is C52H33N3O. The molecule has 8 aromatic carbocycles. The Morgan fingerprint density at radius 2 is 0.857 bits per heavy atom. The van der Waals surface area contributed by atoms with E-state index in [2.05, 4.69) is 152 Å². The molecule has 0 saturated carbocycles. The monoisotopic (exact) mass is 715 g/mol. The molecule has 56 heavy (non-hydrogen) atoms. The Kier molecular flexibility index (Phi) is 7.36. The average Bonchev–Trinajstić information content (AvgIpc) is 3.80. The zero-order chi connectivity index (χ0) is 37.1. The zero-order valence-corrected chi connectivity index (χ0v) is 30.3. The molecule has 4 heteroatoms. The highest BCUT2D eigenvalue weighted by atomic mass is 16.3. The van der Waals surface area contributed by atoms with Crippen molar-refractivity contribution in [3.8, 4) is 56.4 Å². The third-order valence-corrected chi connectivity index (χ3v) is 11.2. The van der Waals surface area contributed by atoms with Gasteiger partial charge in [0.25, 0.3) is 0 Å². The highest BCUT2D eigenvalue weighted by Crippen LogP contribution is 2.58. The fourth-order valence-corrected chi connectivity index (χ4v) is 8.73. The van der Waals surface area contributed by atoms with E-state index in [9.17, 15) is 0 Å². The van der Waals surface area contributed by atoms with Gasteiger partial charge in [0.15, 0.2) is 17.5 Å². The highest BCUT2D eigenvalue weighted by molar-refractivity contribution is 6.06. The third-order valence-electron chi connectivity index (χ3n) is 11.2. The molecule has 0 unspecified atom stereocenters. The largest absolute Gasteiger partial charge is 0.456 e. The number of nitrogens with zero attached hydrogens (tertiary/aromatic N) is 3. The molecule has 0 atom stereocenters. The summed E-state index contributed by atoms with van der Waals surface area (Å²) in [5.74, 6) is 1.85. The Morgan fingerprint density at radius 1 is 0.321 bits per heavy atom. The van der Waals surface area contributed by atoms with Crippen molar-refractivity contribution in [3.05, 3.63) is 222 Å². The molecule has 2 aromatic heterocycles. The second kappa shape index (κ2) is 12.9. The van der Waals surface area contributed by atoms with E-state index >= 15 is 0 Å². The Morgan fingerprint density at radius 3 is 1.52 bits per heavy atom. The first-order valence-electron chi connectivity index (χ1n) is 18.9. The highest BCUT2D eigenvalue weighted by Gasteiger charge is 2.46. The summed E-state index contributed by atoms with van der Waals surface area (Å²) in [5, 5.41) is 2.18. The lowest BCUT2D eigenvalue weighted by Gasteiger charge is -2.34. The normalized spacial score (nSPS) is 12.8. The van der Waals surface area contributed by atoms with Gasteiger partial charge < -0.3 is 4.42 Å². The van der Waals surface area contributed by atoms with Crippen molar-refractivity contribution in [1.29, 1.82) is 0 Å². The third kappa shape index (κ3) is 4.96. The molecule has 4 nitrogen and oxygen atoms in total. The van der Waals surface area contributed by atoms with Crippen molar-refractivity contribution in [1.82, 2.24) is 15.0 Å². The van der Waals surface area contributed by atoms with Crippen molar-refractivity contribution in [3.63, 3.8) is 0 Å². The van der Waals surface area contributed by atoms with Gasteiger partial charge in [-0.2, -0.15) is 0 Å².